The van der Waals surface area contributed by atoms with Gasteiger partial charge < -0.3 is 14.7 Å². The second-order valence-electron chi connectivity index (χ2n) is 5.39. The van der Waals surface area contributed by atoms with Gasteiger partial charge in [-0.25, -0.2) is 0 Å². The molecule has 2 rings (SSSR count). The number of methoxy groups -OCH3 is 1. The third-order valence-electron chi connectivity index (χ3n) is 3.86. The van der Waals surface area contributed by atoms with Gasteiger partial charge in [0.15, 0.2) is 0 Å². The molecule has 1 saturated heterocycles. The number of amides is 1. The highest BCUT2D eigenvalue weighted by Gasteiger charge is 2.21. The number of hydrogen-bond donors (Lipinski definition) is 1. The molecule has 1 aliphatic heterocycles. The number of carboxylic acids is 1. The third-order valence-corrected chi connectivity index (χ3v) is 3.86. The summed E-state index contributed by atoms with van der Waals surface area (Å²) in [5.41, 5.74) is 0.942. The molecule has 1 fully saturated rings. The van der Waals surface area contributed by atoms with Gasteiger partial charge in [0.05, 0.1) is 20.0 Å². The smallest absolute Gasteiger partial charge is 0.304 e. The van der Waals surface area contributed by atoms with Gasteiger partial charge in [0, 0.05) is 32.7 Å². The van der Waals surface area contributed by atoms with Crippen LogP contribution in [0.1, 0.15) is 12.0 Å². The van der Waals surface area contributed by atoms with Gasteiger partial charge in [-0.05, 0) is 17.7 Å². The molecule has 0 atom stereocenters. The van der Waals surface area contributed by atoms with Crippen molar-refractivity contribution in [3.05, 3.63) is 29.8 Å². The van der Waals surface area contributed by atoms with Crippen molar-refractivity contribution >= 4 is 11.9 Å². The summed E-state index contributed by atoms with van der Waals surface area (Å²) in [4.78, 5) is 26.8. The average molecular weight is 306 g/mol. The Labute approximate surface area is 130 Å². The van der Waals surface area contributed by atoms with Crippen molar-refractivity contribution in [1.82, 2.24) is 9.80 Å². The molecule has 120 valence electrons. The summed E-state index contributed by atoms with van der Waals surface area (Å²) in [6.07, 6.45) is 0.518. The Morgan fingerprint density at radius 3 is 2.59 bits per heavy atom. The van der Waals surface area contributed by atoms with Gasteiger partial charge in [-0.3, -0.25) is 14.5 Å². The van der Waals surface area contributed by atoms with E-state index in [9.17, 15) is 9.59 Å². The molecule has 1 heterocycles. The lowest BCUT2D eigenvalue weighted by atomic mass is 10.1. The lowest BCUT2D eigenvalue weighted by molar-refractivity contribution is -0.138. The van der Waals surface area contributed by atoms with Crippen LogP contribution in [0, 0.1) is 0 Å². The van der Waals surface area contributed by atoms with Crippen LogP contribution in [-0.4, -0.2) is 66.6 Å². The summed E-state index contributed by atoms with van der Waals surface area (Å²) >= 11 is 0. The molecule has 0 radical (unpaired) electrons. The molecule has 0 spiro atoms. The van der Waals surface area contributed by atoms with Gasteiger partial charge in [0.25, 0.3) is 0 Å². The van der Waals surface area contributed by atoms with Gasteiger partial charge in [-0.1, -0.05) is 12.1 Å². The number of ether oxygens (including phenoxy) is 1. The van der Waals surface area contributed by atoms with E-state index in [1.807, 2.05) is 29.2 Å². The molecule has 1 amide bonds. The standard InChI is InChI=1S/C16H22N2O4/c1-22-14-4-2-3-13(11-14)12-15(19)18-9-7-17(8-10-18)6-5-16(20)21/h2-4,11H,5-10,12H2,1H3,(H,20,21). The van der Waals surface area contributed by atoms with Crippen LogP contribution in [0.15, 0.2) is 24.3 Å². The molecule has 0 aromatic heterocycles. The fourth-order valence-electron chi connectivity index (χ4n) is 2.54. The van der Waals surface area contributed by atoms with Crippen LogP contribution >= 0.6 is 0 Å². The molecule has 0 aliphatic carbocycles. The van der Waals surface area contributed by atoms with Crippen molar-refractivity contribution in [3.8, 4) is 5.75 Å². The highest BCUT2D eigenvalue weighted by molar-refractivity contribution is 5.79. The number of benzene rings is 1. The molecule has 1 aliphatic rings. The zero-order valence-electron chi connectivity index (χ0n) is 12.8. The second-order valence-corrected chi connectivity index (χ2v) is 5.39. The van der Waals surface area contributed by atoms with E-state index in [0.717, 1.165) is 24.4 Å². The molecular formula is C16H22N2O4. The molecule has 22 heavy (non-hydrogen) atoms. The molecule has 6 nitrogen and oxygen atoms in total. The first-order valence-electron chi connectivity index (χ1n) is 7.43. The van der Waals surface area contributed by atoms with Crippen molar-refractivity contribution in [2.75, 3.05) is 39.8 Å². The number of rotatable bonds is 6. The molecule has 1 N–H and O–H groups in total. The summed E-state index contributed by atoms with van der Waals surface area (Å²) in [7, 11) is 1.61. The van der Waals surface area contributed by atoms with Crippen molar-refractivity contribution < 1.29 is 19.4 Å². The molecule has 0 bridgehead atoms. The van der Waals surface area contributed by atoms with E-state index in [1.54, 1.807) is 7.11 Å². The summed E-state index contributed by atoms with van der Waals surface area (Å²) < 4.78 is 5.16. The lowest BCUT2D eigenvalue weighted by Gasteiger charge is -2.34. The Balaban J connectivity index is 1.80. The third kappa shape index (κ3) is 4.73. The summed E-state index contributed by atoms with van der Waals surface area (Å²) in [5.74, 6) is 0.0754. The number of piperazine rings is 1. The second kappa shape index (κ2) is 7.79. The maximum absolute atomic E-state index is 12.3. The normalized spacial score (nSPS) is 15.6. The minimum atomic E-state index is -0.781. The van der Waals surface area contributed by atoms with Gasteiger partial charge in [-0.2, -0.15) is 0 Å². The van der Waals surface area contributed by atoms with E-state index in [-0.39, 0.29) is 12.3 Å². The Morgan fingerprint density at radius 1 is 1.23 bits per heavy atom. The number of nitrogens with zero attached hydrogens (tertiary/aromatic N) is 2. The van der Waals surface area contributed by atoms with Crippen LogP contribution < -0.4 is 4.74 Å². The Morgan fingerprint density at radius 2 is 1.95 bits per heavy atom. The van der Waals surface area contributed by atoms with Crippen LogP contribution in [0.2, 0.25) is 0 Å². The Hall–Kier alpha value is -2.08. The summed E-state index contributed by atoms with van der Waals surface area (Å²) in [5, 5.41) is 8.69. The van der Waals surface area contributed by atoms with Crippen LogP contribution in [0.3, 0.4) is 0 Å². The molecule has 1 aromatic rings. The Kier molecular flexibility index (Phi) is 5.77. The van der Waals surface area contributed by atoms with Crippen molar-refractivity contribution in [1.29, 1.82) is 0 Å². The zero-order chi connectivity index (χ0) is 15.9. The van der Waals surface area contributed by atoms with Gasteiger partial charge in [0.1, 0.15) is 5.75 Å². The van der Waals surface area contributed by atoms with Crippen LogP contribution in [0.25, 0.3) is 0 Å². The van der Waals surface area contributed by atoms with E-state index in [2.05, 4.69) is 4.90 Å². The van der Waals surface area contributed by atoms with Gasteiger partial charge in [-0.15, -0.1) is 0 Å². The highest BCUT2D eigenvalue weighted by atomic mass is 16.5. The highest BCUT2D eigenvalue weighted by Crippen LogP contribution is 2.14. The maximum atomic E-state index is 12.3. The molecular weight excluding hydrogens is 284 g/mol. The topological polar surface area (TPSA) is 70.1 Å². The van der Waals surface area contributed by atoms with Crippen LogP contribution in [0.5, 0.6) is 5.75 Å². The number of carboxylic acid groups (broad SMARTS) is 1. The largest absolute Gasteiger partial charge is 0.497 e. The van der Waals surface area contributed by atoms with Gasteiger partial charge in [0.2, 0.25) is 5.91 Å². The van der Waals surface area contributed by atoms with Crippen molar-refractivity contribution in [2.24, 2.45) is 0 Å². The minimum Gasteiger partial charge on any atom is -0.497 e. The van der Waals surface area contributed by atoms with Crippen LogP contribution in [0.4, 0.5) is 0 Å². The Bertz CT molecular complexity index is 525. The fourth-order valence-corrected chi connectivity index (χ4v) is 2.54. The predicted molar refractivity (Wildman–Crippen MR) is 82.0 cm³/mol. The quantitative estimate of drug-likeness (QED) is 0.844. The van der Waals surface area contributed by atoms with Crippen molar-refractivity contribution in [3.63, 3.8) is 0 Å². The first-order chi connectivity index (χ1) is 10.6. The van der Waals surface area contributed by atoms with E-state index in [4.69, 9.17) is 9.84 Å². The molecule has 0 unspecified atom stereocenters. The molecule has 6 heteroatoms. The SMILES string of the molecule is COc1cccc(CC(=O)N2CCN(CCC(=O)O)CC2)c1. The number of hydrogen-bond acceptors (Lipinski definition) is 4. The number of aliphatic carboxylic acids is 1. The maximum Gasteiger partial charge on any atom is 0.304 e. The number of carbonyl (C=O) groups is 2. The summed E-state index contributed by atoms with van der Waals surface area (Å²) in [6, 6.07) is 7.53. The first-order valence-corrected chi connectivity index (χ1v) is 7.43. The first kappa shape index (κ1) is 16.3. The van der Waals surface area contributed by atoms with E-state index in [0.29, 0.717) is 26.1 Å². The van der Waals surface area contributed by atoms with Crippen LogP contribution in [-0.2, 0) is 16.0 Å². The molecule has 0 saturated carbocycles. The minimum absolute atomic E-state index is 0.103. The summed E-state index contributed by atoms with van der Waals surface area (Å²) in [6.45, 7) is 3.33. The lowest BCUT2D eigenvalue weighted by Crippen LogP contribution is -2.49. The fraction of sp³-hybridized carbons (Fsp3) is 0.500. The van der Waals surface area contributed by atoms with E-state index in [1.165, 1.54) is 0 Å². The predicted octanol–water partition coefficient (Wildman–Crippen LogP) is 0.857. The number of carbonyl (C=O) groups excluding carboxylic acids is 1. The van der Waals surface area contributed by atoms with Crippen molar-refractivity contribution in [2.45, 2.75) is 12.8 Å². The van der Waals surface area contributed by atoms with E-state index < -0.39 is 5.97 Å². The monoisotopic (exact) mass is 306 g/mol. The van der Waals surface area contributed by atoms with Gasteiger partial charge >= 0.3 is 5.97 Å². The molecule has 1 aromatic carbocycles. The van der Waals surface area contributed by atoms with E-state index >= 15 is 0 Å². The average Bonchev–Trinajstić information content (AvgIpc) is 2.53. The zero-order valence-corrected chi connectivity index (χ0v) is 12.8.